The fourth-order valence-corrected chi connectivity index (χ4v) is 3.47. The van der Waals surface area contributed by atoms with Gasteiger partial charge in [0.15, 0.2) is 5.76 Å². The number of hydrogen-bond donors (Lipinski definition) is 1. The van der Waals surface area contributed by atoms with Gasteiger partial charge in [0.2, 0.25) is 11.3 Å². The van der Waals surface area contributed by atoms with E-state index in [0.717, 1.165) is 17.5 Å². The van der Waals surface area contributed by atoms with E-state index in [1.807, 2.05) is 60.7 Å². The first-order chi connectivity index (χ1) is 16.1. The molecule has 0 spiro atoms. The van der Waals surface area contributed by atoms with E-state index in [0.29, 0.717) is 12.8 Å². The monoisotopic (exact) mass is 448 g/mol. The van der Waals surface area contributed by atoms with Crippen LogP contribution in [0, 0.1) is 0 Å². The van der Waals surface area contributed by atoms with Crippen LogP contribution in [0.3, 0.4) is 0 Å². The maximum absolute atomic E-state index is 13.1. The van der Waals surface area contributed by atoms with Gasteiger partial charge in [-0.3, -0.25) is 9.63 Å². The van der Waals surface area contributed by atoms with Crippen molar-refractivity contribution in [2.24, 2.45) is 5.16 Å². The summed E-state index contributed by atoms with van der Waals surface area (Å²) in [6, 6.07) is 22.3. The number of carbonyl (C=O) groups is 2. The van der Waals surface area contributed by atoms with Gasteiger partial charge in [-0.15, -0.1) is 0 Å². The van der Waals surface area contributed by atoms with Gasteiger partial charge in [0, 0.05) is 0 Å². The van der Waals surface area contributed by atoms with Crippen molar-refractivity contribution in [2.45, 2.75) is 31.0 Å². The minimum Gasteiger partial charge on any atom is -0.464 e. The molecule has 0 aliphatic heterocycles. The maximum atomic E-state index is 13.1. The van der Waals surface area contributed by atoms with Gasteiger partial charge >= 0.3 is 5.97 Å². The van der Waals surface area contributed by atoms with Gasteiger partial charge in [-0.05, 0) is 42.5 Å². The molecule has 4 rings (SSSR count). The Kier molecular flexibility index (Phi) is 6.85. The number of hydroxylamine groups is 1. The minimum atomic E-state index is -1.25. The van der Waals surface area contributed by atoms with Crippen LogP contribution >= 0.6 is 0 Å². The fourth-order valence-electron chi connectivity index (χ4n) is 3.47. The van der Waals surface area contributed by atoms with Crippen LogP contribution < -0.4 is 5.48 Å². The highest BCUT2D eigenvalue weighted by Gasteiger charge is 2.48. The molecule has 0 bridgehead atoms. The smallest absolute Gasteiger partial charge is 0.364 e. The number of hydrogen-bond acceptors (Lipinski definition) is 7. The number of nitrogens with zero attached hydrogens (tertiary/aromatic N) is 1. The lowest BCUT2D eigenvalue weighted by atomic mass is 9.79. The Labute approximate surface area is 191 Å². The van der Waals surface area contributed by atoms with Crippen molar-refractivity contribution in [3.63, 3.8) is 0 Å². The summed E-state index contributed by atoms with van der Waals surface area (Å²) in [6.07, 6.45) is 2.53. The van der Waals surface area contributed by atoms with Crippen LogP contribution in [-0.2, 0) is 24.0 Å². The Morgan fingerprint density at radius 1 is 0.970 bits per heavy atom. The molecule has 1 heterocycles. The Balaban J connectivity index is 1.50. The second kappa shape index (κ2) is 10.1. The van der Waals surface area contributed by atoms with Crippen LogP contribution in [0.15, 0.2) is 88.6 Å². The summed E-state index contributed by atoms with van der Waals surface area (Å²) >= 11 is 0. The number of oxime groups is 1. The van der Waals surface area contributed by atoms with Crippen molar-refractivity contribution in [2.75, 3.05) is 7.11 Å². The molecule has 1 N–H and O–H groups in total. The molecule has 1 fully saturated rings. The molecule has 33 heavy (non-hydrogen) atoms. The zero-order valence-electron chi connectivity index (χ0n) is 18.1. The summed E-state index contributed by atoms with van der Waals surface area (Å²) in [7, 11) is 1.23. The van der Waals surface area contributed by atoms with Crippen molar-refractivity contribution < 1.29 is 28.4 Å². The van der Waals surface area contributed by atoms with Crippen LogP contribution in [0.5, 0.6) is 0 Å². The summed E-state index contributed by atoms with van der Waals surface area (Å²) in [5.41, 5.74) is 2.92. The van der Waals surface area contributed by atoms with E-state index in [2.05, 4.69) is 10.6 Å². The van der Waals surface area contributed by atoms with Gasteiger partial charge in [-0.2, -0.15) is 0 Å². The molecular formula is C25H24N2O6. The maximum Gasteiger partial charge on any atom is 0.364 e. The number of methoxy groups -OCH3 is 1. The molecule has 1 aliphatic rings. The molecule has 2 aromatic carbocycles. The zero-order valence-corrected chi connectivity index (χ0v) is 18.1. The van der Waals surface area contributed by atoms with E-state index in [1.165, 1.54) is 13.4 Å². The van der Waals surface area contributed by atoms with Crippen molar-refractivity contribution >= 4 is 17.6 Å². The van der Waals surface area contributed by atoms with E-state index in [9.17, 15) is 9.59 Å². The van der Waals surface area contributed by atoms with Gasteiger partial charge in [-0.25, -0.2) is 10.3 Å². The van der Waals surface area contributed by atoms with Crippen molar-refractivity contribution in [1.82, 2.24) is 5.48 Å². The number of esters is 1. The number of amides is 1. The van der Waals surface area contributed by atoms with Crippen LogP contribution in [0.4, 0.5) is 0 Å². The number of nitrogens with one attached hydrogen (secondary N) is 1. The lowest BCUT2D eigenvalue weighted by Gasteiger charge is -2.37. The first kappa shape index (κ1) is 22.3. The summed E-state index contributed by atoms with van der Waals surface area (Å²) in [5, 5.41) is 3.93. The van der Waals surface area contributed by atoms with Gasteiger partial charge in [-0.1, -0.05) is 65.8 Å². The molecule has 0 unspecified atom stereocenters. The molecule has 8 nitrogen and oxygen atoms in total. The van der Waals surface area contributed by atoms with E-state index >= 15 is 0 Å². The third kappa shape index (κ3) is 4.96. The molecule has 3 aromatic rings. The number of benzene rings is 2. The molecule has 0 atom stereocenters. The Morgan fingerprint density at radius 2 is 1.61 bits per heavy atom. The van der Waals surface area contributed by atoms with E-state index < -0.39 is 23.6 Å². The standard InChI is InChI=1S/C25H24N2O6/c1-30-23(28)21(20-14-8-17-31-20)26-33-25(15-9-16-25)24(29)27-32-22(18-10-4-2-5-11-18)19-12-6-3-7-13-19/h2-8,10-14,17,22H,9,15-16H2,1H3,(H,27,29)/b26-21-. The summed E-state index contributed by atoms with van der Waals surface area (Å²) in [5.74, 6) is -1.02. The molecular weight excluding hydrogens is 424 g/mol. The Hall–Kier alpha value is -3.91. The summed E-state index contributed by atoms with van der Waals surface area (Å²) in [4.78, 5) is 36.7. The predicted octanol–water partition coefficient (Wildman–Crippen LogP) is 3.93. The highest BCUT2D eigenvalue weighted by Crippen LogP contribution is 2.37. The molecule has 170 valence electrons. The number of ether oxygens (including phenoxy) is 1. The average molecular weight is 448 g/mol. The molecule has 1 saturated carbocycles. The highest BCUT2D eigenvalue weighted by atomic mass is 16.7. The van der Waals surface area contributed by atoms with Crippen molar-refractivity contribution in [1.29, 1.82) is 0 Å². The average Bonchev–Trinajstić information content (AvgIpc) is 3.36. The largest absolute Gasteiger partial charge is 0.464 e. The third-order valence-corrected chi connectivity index (χ3v) is 5.49. The highest BCUT2D eigenvalue weighted by molar-refractivity contribution is 6.42. The number of furan rings is 1. The van der Waals surface area contributed by atoms with Gasteiger partial charge in [0.25, 0.3) is 5.91 Å². The summed E-state index contributed by atoms with van der Waals surface area (Å²) < 4.78 is 9.99. The molecule has 1 amide bonds. The van der Waals surface area contributed by atoms with Crippen molar-refractivity contribution in [3.8, 4) is 0 Å². The second-order valence-corrected chi connectivity index (χ2v) is 7.60. The predicted molar refractivity (Wildman–Crippen MR) is 119 cm³/mol. The lowest BCUT2D eigenvalue weighted by molar-refractivity contribution is -0.175. The number of rotatable bonds is 9. The van der Waals surface area contributed by atoms with Crippen LogP contribution in [0.1, 0.15) is 42.3 Å². The minimum absolute atomic E-state index is 0.158. The SMILES string of the molecule is COC(=O)/C(=N\OC1(C(=O)NOC(c2ccccc2)c2ccccc2)CCC1)c1ccco1. The van der Waals surface area contributed by atoms with Crippen LogP contribution in [-0.4, -0.2) is 30.3 Å². The van der Waals surface area contributed by atoms with E-state index in [1.54, 1.807) is 12.1 Å². The van der Waals surface area contributed by atoms with Crippen LogP contribution in [0.2, 0.25) is 0 Å². The van der Waals surface area contributed by atoms with E-state index in [-0.39, 0.29) is 11.5 Å². The third-order valence-electron chi connectivity index (χ3n) is 5.49. The zero-order chi connectivity index (χ0) is 23.1. The molecule has 0 saturated heterocycles. The second-order valence-electron chi connectivity index (χ2n) is 7.60. The van der Waals surface area contributed by atoms with Gasteiger partial charge in [0.1, 0.15) is 6.10 Å². The fraction of sp³-hybridized carbons (Fsp3) is 0.240. The van der Waals surface area contributed by atoms with Gasteiger partial charge < -0.3 is 14.0 Å². The quantitative estimate of drug-likeness (QED) is 0.302. The first-order valence-corrected chi connectivity index (χ1v) is 10.6. The Bertz CT molecular complexity index is 1050. The molecule has 1 aliphatic carbocycles. The topological polar surface area (TPSA) is 99.4 Å². The molecule has 0 radical (unpaired) electrons. The van der Waals surface area contributed by atoms with E-state index in [4.69, 9.17) is 18.8 Å². The van der Waals surface area contributed by atoms with Crippen molar-refractivity contribution in [3.05, 3.63) is 95.9 Å². The molecule has 1 aromatic heterocycles. The lowest BCUT2D eigenvalue weighted by Crippen LogP contribution is -2.53. The Morgan fingerprint density at radius 3 is 2.09 bits per heavy atom. The summed E-state index contributed by atoms with van der Waals surface area (Å²) in [6.45, 7) is 0. The normalized spacial score (nSPS) is 14.9. The number of carbonyl (C=O) groups excluding carboxylic acids is 2. The molecule has 8 heteroatoms. The van der Waals surface area contributed by atoms with Gasteiger partial charge in [0.05, 0.1) is 13.4 Å². The first-order valence-electron chi connectivity index (χ1n) is 10.6. The van der Waals surface area contributed by atoms with Crippen LogP contribution in [0.25, 0.3) is 0 Å².